The molecular formula is C12H17N3O2. The lowest BCUT2D eigenvalue weighted by atomic mass is 10.2. The molecule has 0 unspecified atom stereocenters. The van der Waals surface area contributed by atoms with Crippen LogP contribution in [0.1, 0.15) is 16.1 Å². The van der Waals surface area contributed by atoms with E-state index in [9.17, 15) is 4.79 Å². The quantitative estimate of drug-likeness (QED) is 0.828. The summed E-state index contributed by atoms with van der Waals surface area (Å²) < 4.78 is 0. The number of carboxylic acids is 1. The minimum absolute atomic E-state index is 0.309. The van der Waals surface area contributed by atoms with Gasteiger partial charge < -0.3 is 10.0 Å². The van der Waals surface area contributed by atoms with Crippen LogP contribution in [0.5, 0.6) is 0 Å². The van der Waals surface area contributed by atoms with Crippen LogP contribution in [0, 0.1) is 0 Å². The van der Waals surface area contributed by atoms with Crippen LogP contribution >= 0.6 is 0 Å². The predicted molar refractivity (Wildman–Crippen MR) is 64.0 cm³/mol. The zero-order valence-corrected chi connectivity index (χ0v) is 9.96. The molecule has 1 N–H and O–H groups in total. The number of hydrogen-bond donors (Lipinski definition) is 1. The van der Waals surface area contributed by atoms with Gasteiger partial charge in [-0.15, -0.1) is 0 Å². The lowest BCUT2D eigenvalue weighted by Gasteiger charge is -2.32. The fraction of sp³-hybridized carbons (Fsp3) is 0.500. The molecule has 5 nitrogen and oxygen atoms in total. The molecule has 17 heavy (non-hydrogen) atoms. The summed E-state index contributed by atoms with van der Waals surface area (Å²) in [7, 11) is 2.11. The van der Waals surface area contributed by atoms with Gasteiger partial charge in [0.2, 0.25) is 0 Å². The van der Waals surface area contributed by atoms with E-state index in [1.807, 2.05) is 0 Å². The van der Waals surface area contributed by atoms with Gasteiger partial charge in [0.15, 0.2) is 0 Å². The highest BCUT2D eigenvalue weighted by Gasteiger charge is 2.14. The van der Waals surface area contributed by atoms with Gasteiger partial charge in [0.1, 0.15) is 0 Å². The topological polar surface area (TPSA) is 56.7 Å². The molecule has 0 radical (unpaired) electrons. The number of pyridine rings is 1. The van der Waals surface area contributed by atoms with Crippen molar-refractivity contribution in [1.29, 1.82) is 0 Å². The van der Waals surface area contributed by atoms with Gasteiger partial charge in [-0.2, -0.15) is 0 Å². The highest BCUT2D eigenvalue weighted by Crippen LogP contribution is 2.07. The van der Waals surface area contributed by atoms with E-state index in [0.29, 0.717) is 5.56 Å². The van der Waals surface area contributed by atoms with Gasteiger partial charge in [-0.25, -0.2) is 4.79 Å². The van der Waals surface area contributed by atoms with Crippen LogP contribution in [0.15, 0.2) is 18.3 Å². The Bertz CT molecular complexity index is 400. The van der Waals surface area contributed by atoms with Gasteiger partial charge in [0.05, 0.1) is 11.3 Å². The molecule has 1 aliphatic rings. The molecule has 0 bridgehead atoms. The maximum absolute atomic E-state index is 10.8. The molecule has 0 amide bonds. The zero-order chi connectivity index (χ0) is 12.3. The second-order valence-corrected chi connectivity index (χ2v) is 4.42. The van der Waals surface area contributed by atoms with Crippen molar-refractivity contribution in [2.75, 3.05) is 33.2 Å². The van der Waals surface area contributed by atoms with Gasteiger partial charge in [0.25, 0.3) is 0 Å². The average Bonchev–Trinajstić information content (AvgIpc) is 2.32. The molecule has 92 valence electrons. The molecule has 1 aliphatic heterocycles. The van der Waals surface area contributed by atoms with Crippen molar-refractivity contribution in [1.82, 2.24) is 14.8 Å². The molecule has 0 aliphatic carbocycles. The number of aromatic nitrogens is 1. The number of likely N-dealkylation sites (N-methyl/N-ethyl adjacent to an activating group) is 1. The van der Waals surface area contributed by atoms with Crippen molar-refractivity contribution >= 4 is 5.97 Å². The van der Waals surface area contributed by atoms with Crippen LogP contribution in [0.3, 0.4) is 0 Å². The van der Waals surface area contributed by atoms with Gasteiger partial charge in [-0.05, 0) is 19.2 Å². The lowest BCUT2D eigenvalue weighted by molar-refractivity contribution is 0.0696. The summed E-state index contributed by atoms with van der Waals surface area (Å²) in [4.78, 5) is 19.6. The third kappa shape index (κ3) is 3.25. The Labute approximate surface area is 101 Å². The van der Waals surface area contributed by atoms with Crippen molar-refractivity contribution in [3.63, 3.8) is 0 Å². The second kappa shape index (κ2) is 5.25. The molecule has 1 aromatic heterocycles. The van der Waals surface area contributed by atoms with Gasteiger partial charge >= 0.3 is 5.97 Å². The number of nitrogens with zero attached hydrogens (tertiary/aromatic N) is 3. The lowest BCUT2D eigenvalue weighted by Crippen LogP contribution is -2.44. The van der Waals surface area contributed by atoms with Crippen LogP contribution < -0.4 is 0 Å². The third-order valence-electron chi connectivity index (χ3n) is 3.05. The molecule has 0 spiro atoms. The maximum atomic E-state index is 10.8. The van der Waals surface area contributed by atoms with Crippen LogP contribution in [0.2, 0.25) is 0 Å². The Hall–Kier alpha value is -1.46. The first-order chi connectivity index (χ1) is 8.15. The largest absolute Gasteiger partial charge is 0.478 e. The summed E-state index contributed by atoms with van der Waals surface area (Å²) in [6.45, 7) is 4.86. The predicted octanol–water partition coefficient (Wildman–Crippen LogP) is 0.527. The van der Waals surface area contributed by atoms with E-state index in [1.165, 1.54) is 6.07 Å². The third-order valence-corrected chi connectivity index (χ3v) is 3.05. The van der Waals surface area contributed by atoms with Gasteiger partial charge in [-0.1, -0.05) is 0 Å². The molecule has 2 rings (SSSR count). The fourth-order valence-corrected chi connectivity index (χ4v) is 1.93. The van der Waals surface area contributed by atoms with E-state index >= 15 is 0 Å². The number of piperazine rings is 1. The summed E-state index contributed by atoms with van der Waals surface area (Å²) in [6.07, 6.45) is 1.56. The standard InChI is InChI=1S/C12H17N3O2/c1-14-4-6-15(7-5-14)9-11-8-10(12(16)17)2-3-13-11/h2-3,8H,4-7,9H2,1H3,(H,16,17). The van der Waals surface area contributed by atoms with E-state index in [1.54, 1.807) is 12.3 Å². The van der Waals surface area contributed by atoms with E-state index < -0.39 is 5.97 Å². The van der Waals surface area contributed by atoms with Crippen LogP contribution in [-0.4, -0.2) is 59.1 Å². The first-order valence-electron chi connectivity index (χ1n) is 5.74. The second-order valence-electron chi connectivity index (χ2n) is 4.42. The number of aromatic carboxylic acids is 1. The first-order valence-corrected chi connectivity index (χ1v) is 5.74. The Morgan fingerprint density at radius 2 is 2.12 bits per heavy atom. The van der Waals surface area contributed by atoms with Crippen molar-refractivity contribution < 1.29 is 9.90 Å². The highest BCUT2D eigenvalue weighted by molar-refractivity contribution is 5.87. The first kappa shape index (κ1) is 12.0. The molecule has 0 aromatic carbocycles. The SMILES string of the molecule is CN1CCN(Cc2cc(C(=O)O)ccn2)CC1. The van der Waals surface area contributed by atoms with E-state index in [4.69, 9.17) is 5.11 Å². The molecule has 2 heterocycles. The van der Waals surface area contributed by atoms with E-state index in [-0.39, 0.29) is 0 Å². The van der Waals surface area contributed by atoms with Crippen molar-refractivity contribution in [2.24, 2.45) is 0 Å². The number of carboxylic acid groups (broad SMARTS) is 1. The van der Waals surface area contributed by atoms with E-state index in [2.05, 4.69) is 21.8 Å². The molecule has 0 atom stereocenters. The van der Waals surface area contributed by atoms with Gasteiger partial charge in [0, 0.05) is 38.9 Å². The summed E-state index contributed by atoms with van der Waals surface area (Å²) in [6, 6.07) is 3.18. The summed E-state index contributed by atoms with van der Waals surface area (Å²) >= 11 is 0. The molecule has 1 aromatic rings. The Morgan fingerprint density at radius 1 is 1.41 bits per heavy atom. The smallest absolute Gasteiger partial charge is 0.335 e. The van der Waals surface area contributed by atoms with Gasteiger partial charge in [-0.3, -0.25) is 9.88 Å². The zero-order valence-electron chi connectivity index (χ0n) is 9.96. The maximum Gasteiger partial charge on any atom is 0.335 e. The fourth-order valence-electron chi connectivity index (χ4n) is 1.93. The molecule has 0 saturated carbocycles. The van der Waals surface area contributed by atoms with Crippen molar-refractivity contribution in [3.05, 3.63) is 29.6 Å². The molecule has 5 heteroatoms. The summed E-state index contributed by atoms with van der Waals surface area (Å²) in [5.41, 5.74) is 1.14. The monoisotopic (exact) mass is 235 g/mol. The summed E-state index contributed by atoms with van der Waals surface area (Å²) in [5, 5.41) is 8.90. The van der Waals surface area contributed by atoms with Crippen molar-refractivity contribution in [2.45, 2.75) is 6.54 Å². The summed E-state index contributed by atoms with van der Waals surface area (Å²) in [5.74, 6) is -0.896. The molecule has 1 fully saturated rings. The number of carbonyl (C=O) groups is 1. The molecule has 1 saturated heterocycles. The average molecular weight is 235 g/mol. The molecular weight excluding hydrogens is 218 g/mol. The van der Waals surface area contributed by atoms with Crippen LogP contribution in [0.4, 0.5) is 0 Å². The highest BCUT2D eigenvalue weighted by atomic mass is 16.4. The minimum Gasteiger partial charge on any atom is -0.478 e. The normalized spacial score (nSPS) is 18.2. The van der Waals surface area contributed by atoms with Crippen LogP contribution in [0.25, 0.3) is 0 Å². The Kier molecular flexibility index (Phi) is 3.71. The van der Waals surface area contributed by atoms with Crippen molar-refractivity contribution in [3.8, 4) is 0 Å². The van der Waals surface area contributed by atoms with E-state index in [0.717, 1.165) is 38.4 Å². The Morgan fingerprint density at radius 3 is 2.76 bits per heavy atom. The Balaban J connectivity index is 1.98. The number of rotatable bonds is 3. The number of hydrogen-bond acceptors (Lipinski definition) is 4. The van der Waals surface area contributed by atoms with Crippen LogP contribution in [-0.2, 0) is 6.54 Å². The minimum atomic E-state index is -0.896.